The highest BCUT2D eigenvalue weighted by molar-refractivity contribution is 6.31. The second-order valence-corrected chi connectivity index (χ2v) is 9.03. The molecule has 9 heteroatoms. The minimum atomic E-state index is -2.37. The highest BCUT2D eigenvalue weighted by Gasteiger charge is 2.54. The lowest BCUT2D eigenvalue weighted by molar-refractivity contribution is -0.358. The van der Waals surface area contributed by atoms with Crippen LogP contribution in [0, 0.1) is 5.92 Å². The molecule has 0 unspecified atom stereocenters. The molecule has 0 spiro atoms. The number of hydrogen-bond donors (Lipinski definition) is 4. The molecule has 1 aliphatic rings. The average molecular weight is 495 g/mol. The van der Waals surface area contributed by atoms with Crippen molar-refractivity contribution in [1.82, 2.24) is 0 Å². The summed E-state index contributed by atoms with van der Waals surface area (Å²) in [6.07, 6.45) is -6.03. The summed E-state index contributed by atoms with van der Waals surface area (Å²) < 4.78 is 16.2. The van der Waals surface area contributed by atoms with Gasteiger partial charge in [0, 0.05) is 10.6 Å². The number of carbonyl (C=O) groups excluding carboxylic acids is 1. The number of halogens is 1. The van der Waals surface area contributed by atoms with Crippen LogP contribution < -0.4 is 4.74 Å². The molecule has 2 aromatic carbocycles. The molecular weight excluding hydrogens is 464 g/mol. The molecule has 0 amide bonds. The van der Waals surface area contributed by atoms with E-state index in [0.29, 0.717) is 23.6 Å². The predicted octanol–water partition coefficient (Wildman–Crippen LogP) is 2.16. The zero-order valence-corrected chi connectivity index (χ0v) is 20.1. The Morgan fingerprint density at radius 3 is 2.41 bits per heavy atom. The number of hydrogen-bond acceptors (Lipinski definition) is 8. The van der Waals surface area contributed by atoms with E-state index in [-0.39, 0.29) is 5.56 Å². The topological polar surface area (TPSA) is 126 Å². The lowest BCUT2D eigenvalue weighted by Gasteiger charge is -2.45. The van der Waals surface area contributed by atoms with Crippen molar-refractivity contribution in [3.05, 3.63) is 64.2 Å². The lowest BCUT2D eigenvalue weighted by Crippen LogP contribution is -2.63. The van der Waals surface area contributed by atoms with Gasteiger partial charge in [-0.3, -0.25) is 4.79 Å². The summed E-state index contributed by atoms with van der Waals surface area (Å²) in [5, 5.41) is 43.0. The molecule has 1 saturated heterocycles. The Labute approximate surface area is 203 Å². The van der Waals surface area contributed by atoms with Crippen molar-refractivity contribution in [2.75, 3.05) is 13.2 Å². The van der Waals surface area contributed by atoms with Crippen LogP contribution in [-0.2, 0) is 26.5 Å². The fraction of sp³-hybridized carbons (Fsp3) is 0.480. The Kier molecular flexibility index (Phi) is 8.57. The van der Waals surface area contributed by atoms with Gasteiger partial charge in [-0.2, -0.15) is 0 Å². The maximum Gasteiger partial charge on any atom is 0.308 e. The average Bonchev–Trinajstić information content (AvgIpc) is 2.81. The quantitative estimate of drug-likeness (QED) is 0.411. The Hall–Kier alpha value is -2.20. The van der Waals surface area contributed by atoms with Crippen molar-refractivity contribution < 1.29 is 39.4 Å². The smallest absolute Gasteiger partial charge is 0.308 e. The summed E-state index contributed by atoms with van der Waals surface area (Å²) in [6, 6.07) is 12.1. The Morgan fingerprint density at radius 2 is 1.79 bits per heavy atom. The highest BCUT2D eigenvalue weighted by Crippen LogP contribution is 2.38. The molecule has 5 atom stereocenters. The summed E-state index contributed by atoms with van der Waals surface area (Å²) in [6.45, 7) is 5.35. The van der Waals surface area contributed by atoms with E-state index in [2.05, 4.69) is 0 Å². The van der Waals surface area contributed by atoms with Crippen LogP contribution >= 0.6 is 11.6 Å². The normalized spacial score (nSPS) is 27.0. The van der Waals surface area contributed by atoms with Gasteiger partial charge in [0.05, 0.1) is 12.5 Å². The fourth-order valence-electron chi connectivity index (χ4n) is 3.73. The molecule has 0 bridgehead atoms. The van der Waals surface area contributed by atoms with Crippen molar-refractivity contribution in [3.8, 4) is 5.75 Å². The van der Waals surface area contributed by atoms with Gasteiger partial charge in [0.25, 0.3) is 0 Å². The molecule has 0 aliphatic carbocycles. The molecule has 0 saturated carbocycles. The molecular formula is C25H31ClO8. The van der Waals surface area contributed by atoms with Crippen LogP contribution in [0.1, 0.15) is 37.5 Å². The summed E-state index contributed by atoms with van der Waals surface area (Å²) in [5.74, 6) is -2.55. The van der Waals surface area contributed by atoms with Crippen LogP contribution in [0.25, 0.3) is 0 Å². The van der Waals surface area contributed by atoms with Crippen LogP contribution in [0.2, 0.25) is 5.02 Å². The zero-order valence-electron chi connectivity index (χ0n) is 19.3. The molecule has 1 fully saturated rings. The summed E-state index contributed by atoms with van der Waals surface area (Å²) >= 11 is 6.39. The van der Waals surface area contributed by atoms with Gasteiger partial charge in [-0.05, 0) is 48.7 Å². The largest absolute Gasteiger partial charge is 0.494 e. The van der Waals surface area contributed by atoms with E-state index >= 15 is 0 Å². The van der Waals surface area contributed by atoms with E-state index in [1.54, 1.807) is 26.0 Å². The van der Waals surface area contributed by atoms with Gasteiger partial charge in [0.2, 0.25) is 5.79 Å². The minimum absolute atomic E-state index is 0.136. The van der Waals surface area contributed by atoms with Crippen LogP contribution in [0.4, 0.5) is 0 Å². The van der Waals surface area contributed by atoms with E-state index in [0.717, 1.165) is 11.3 Å². The van der Waals surface area contributed by atoms with Crippen LogP contribution in [-0.4, -0.2) is 64.0 Å². The van der Waals surface area contributed by atoms with Crippen LogP contribution in [0.15, 0.2) is 42.5 Å². The van der Waals surface area contributed by atoms with Gasteiger partial charge in [0.15, 0.2) is 0 Å². The number of aliphatic hydroxyl groups excluding tert-OH is 3. The first-order chi connectivity index (χ1) is 16.1. The molecule has 2 aromatic rings. The van der Waals surface area contributed by atoms with E-state index in [1.165, 1.54) is 6.07 Å². The van der Waals surface area contributed by atoms with E-state index in [4.69, 9.17) is 25.8 Å². The van der Waals surface area contributed by atoms with Gasteiger partial charge in [-0.15, -0.1) is 0 Å². The number of carbonyl (C=O) groups is 1. The summed E-state index contributed by atoms with van der Waals surface area (Å²) in [5.41, 5.74) is 1.72. The lowest BCUT2D eigenvalue weighted by atomic mass is 9.87. The molecule has 34 heavy (non-hydrogen) atoms. The SMILES string of the molecule is CCOc1ccc(Cc2cc([C@@]3(O)O[C@H](COC(=O)C(C)C)[C@@H](O)[C@H](O)[C@H]3O)ccc2Cl)cc1. The number of aliphatic hydroxyl groups is 4. The molecule has 0 radical (unpaired) electrons. The molecule has 8 nitrogen and oxygen atoms in total. The second kappa shape index (κ2) is 11.0. The van der Waals surface area contributed by atoms with Crippen molar-refractivity contribution in [3.63, 3.8) is 0 Å². The van der Waals surface area contributed by atoms with Crippen LogP contribution in [0.5, 0.6) is 5.75 Å². The monoisotopic (exact) mass is 494 g/mol. The van der Waals surface area contributed by atoms with Gasteiger partial charge in [-0.1, -0.05) is 43.6 Å². The third-order valence-electron chi connectivity index (χ3n) is 5.74. The highest BCUT2D eigenvalue weighted by atomic mass is 35.5. The first-order valence-electron chi connectivity index (χ1n) is 11.2. The number of benzene rings is 2. The molecule has 0 aromatic heterocycles. The van der Waals surface area contributed by atoms with Gasteiger partial charge in [0.1, 0.15) is 36.8 Å². The fourth-order valence-corrected chi connectivity index (χ4v) is 3.92. The summed E-state index contributed by atoms with van der Waals surface area (Å²) in [7, 11) is 0. The van der Waals surface area contributed by atoms with Crippen molar-refractivity contribution >= 4 is 17.6 Å². The van der Waals surface area contributed by atoms with Crippen molar-refractivity contribution in [2.24, 2.45) is 5.92 Å². The van der Waals surface area contributed by atoms with Crippen LogP contribution in [0.3, 0.4) is 0 Å². The molecule has 4 N–H and O–H groups in total. The van der Waals surface area contributed by atoms with E-state index in [9.17, 15) is 25.2 Å². The first-order valence-corrected chi connectivity index (χ1v) is 11.6. The third kappa shape index (κ3) is 5.71. The molecule has 1 heterocycles. The maximum atomic E-state index is 11.8. The Morgan fingerprint density at radius 1 is 1.12 bits per heavy atom. The van der Waals surface area contributed by atoms with Gasteiger partial charge >= 0.3 is 5.97 Å². The van der Waals surface area contributed by atoms with Gasteiger partial charge < -0.3 is 34.6 Å². The molecule has 1 aliphatic heterocycles. The summed E-state index contributed by atoms with van der Waals surface area (Å²) in [4.78, 5) is 11.8. The predicted molar refractivity (Wildman–Crippen MR) is 124 cm³/mol. The first kappa shape index (κ1) is 26.4. The standard InChI is InChI=1S/C25H31ClO8/c1-4-32-18-8-5-15(6-9-18)11-16-12-17(7-10-19(16)26)25(31)23(29)22(28)21(27)20(34-25)13-33-24(30)14(2)3/h5-10,12,14,20-23,27-29,31H,4,11,13H2,1-3H3/t20-,21-,22+,23-,25-/m1/s1. The Balaban J connectivity index is 1.85. The molecule has 3 rings (SSSR count). The number of rotatable bonds is 8. The van der Waals surface area contributed by atoms with E-state index < -0.39 is 48.7 Å². The zero-order chi connectivity index (χ0) is 25.0. The second-order valence-electron chi connectivity index (χ2n) is 8.62. The maximum absolute atomic E-state index is 11.8. The molecule has 186 valence electrons. The van der Waals surface area contributed by atoms with Crippen molar-refractivity contribution in [2.45, 2.75) is 57.4 Å². The van der Waals surface area contributed by atoms with E-state index in [1.807, 2.05) is 31.2 Å². The third-order valence-corrected chi connectivity index (χ3v) is 6.10. The van der Waals surface area contributed by atoms with Crippen molar-refractivity contribution in [1.29, 1.82) is 0 Å². The number of ether oxygens (including phenoxy) is 3. The van der Waals surface area contributed by atoms with Gasteiger partial charge in [-0.25, -0.2) is 0 Å². The number of esters is 1. The minimum Gasteiger partial charge on any atom is -0.494 e. The Bertz CT molecular complexity index is 979.